The predicted molar refractivity (Wildman–Crippen MR) is 118 cm³/mol. The molecule has 1 N–H and O–H groups in total. The van der Waals surface area contributed by atoms with E-state index in [-0.39, 0.29) is 23.8 Å². The Hall–Kier alpha value is -3.51. The largest absolute Gasteiger partial charge is 0.573 e. The van der Waals surface area contributed by atoms with Crippen molar-refractivity contribution in [1.82, 2.24) is 24.9 Å². The summed E-state index contributed by atoms with van der Waals surface area (Å²) in [5.74, 6) is 1.08. The smallest absolute Gasteiger partial charge is 0.420 e. The van der Waals surface area contributed by atoms with Crippen molar-refractivity contribution < 1.29 is 27.2 Å². The molecule has 0 amide bonds. The number of fused-ring (bicyclic) bond motifs is 2. The van der Waals surface area contributed by atoms with Crippen LogP contribution in [0.4, 0.5) is 25.1 Å². The molecule has 10 nitrogen and oxygen atoms in total. The van der Waals surface area contributed by atoms with E-state index >= 15 is 0 Å². The molecule has 3 aromatic rings. The second kappa shape index (κ2) is 8.93. The van der Waals surface area contributed by atoms with Gasteiger partial charge in [0.2, 0.25) is 5.95 Å². The number of para-hydroxylation sites is 2. The molecule has 0 spiro atoms. The lowest BCUT2D eigenvalue weighted by atomic mass is 9.92. The fourth-order valence-electron chi connectivity index (χ4n) is 4.80. The van der Waals surface area contributed by atoms with Crippen molar-refractivity contribution in [1.29, 1.82) is 0 Å². The fraction of sp³-hybridized carbons (Fsp3) is 0.545. The summed E-state index contributed by atoms with van der Waals surface area (Å²) in [4.78, 5) is 10.9. The highest BCUT2D eigenvalue weighted by atomic mass is 19.4. The second-order valence-electron chi connectivity index (χ2n) is 9.15. The van der Waals surface area contributed by atoms with Crippen LogP contribution in [-0.4, -0.2) is 50.4 Å². The van der Waals surface area contributed by atoms with Gasteiger partial charge in [-0.25, -0.2) is 4.68 Å². The van der Waals surface area contributed by atoms with Crippen LogP contribution >= 0.6 is 0 Å². The SMILES string of the molecule is Cc1noc(N2C[C@H]3CC[C@@H](C2)[C@@H]3Nc2nc(Oc3ccccc3OC(F)(F)F)n(C(C)C)n2)n1. The summed E-state index contributed by atoms with van der Waals surface area (Å²) >= 11 is 0. The number of benzene rings is 1. The minimum atomic E-state index is -4.84. The van der Waals surface area contributed by atoms with Crippen LogP contribution in [0.15, 0.2) is 28.8 Å². The molecule has 1 aromatic carbocycles. The Morgan fingerprint density at radius 1 is 1.09 bits per heavy atom. The van der Waals surface area contributed by atoms with Gasteiger partial charge in [-0.3, -0.25) is 0 Å². The Morgan fingerprint density at radius 2 is 1.77 bits per heavy atom. The molecule has 188 valence electrons. The number of nitrogens with zero attached hydrogens (tertiary/aromatic N) is 6. The first-order valence-electron chi connectivity index (χ1n) is 11.5. The van der Waals surface area contributed by atoms with E-state index in [4.69, 9.17) is 9.26 Å². The molecule has 1 saturated carbocycles. The second-order valence-corrected chi connectivity index (χ2v) is 9.15. The molecule has 5 rings (SSSR count). The Kier molecular flexibility index (Phi) is 5.93. The monoisotopic (exact) mass is 493 g/mol. The number of halogens is 3. The number of piperidine rings is 1. The molecule has 1 aliphatic heterocycles. The van der Waals surface area contributed by atoms with Gasteiger partial charge in [0.1, 0.15) is 0 Å². The maximum absolute atomic E-state index is 12.8. The van der Waals surface area contributed by atoms with E-state index in [0.29, 0.717) is 29.6 Å². The molecule has 2 fully saturated rings. The van der Waals surface area contributed by atoms with Gasteiger partial charge in [0.05, 0.1) is 6.04 Å². The van der Waals surface area contributed by atoms with Gasteiger partial charge >= 0.3 is 18.4 Å². The van der Waals surface area contributed by atoms with Crippen LogP contribution in [0, 0.1) is 18.8 Å². The quantitative estimate of drug-likeness (QED) is 0.507. The van der Waals surface area contributed by atoms with Gasteiger partial charge in [-0.1, -0.05) is 17.3 Å². The molecular formula is C22H26F3N7O3. The zero-order chi connectivity index (χ0) is 24.7. The van der Waals surface area contributed by atoms with Gasteiger partial charge in [-0.2, -0.15) is 9.97 Å². The molecule has 2 aliphatic rings. The number of anilines is 2. The third-order valence-corrected chi connectivity index (χ3v) is 6.28. The van der Waals surface area contributed by atoms with Crippen LogP contribution in [0.25, 0.3) is 0 Å². The Morgan fingerprint density at radius 3 is 2.37 bits per heavy atom. The maximum Gasteiger partial charge on any atom is 0.573 e. The van der Waals surface area contributed by atoms with Crippen LogP contribution < -0.4 is 19.7 Å². The molecule has 3 atom stereocenters. The van der Waals surface area contributed by atoms with Crippen molar-refractivity contribution in [3.05, 3.63) is 30.1 Å². The number of aromatic nitrogens is 5. The summed E-state index contributed by atoms with van der Waals surface area (Å²) in [7, 11) is 0. The van der Waals surface area contributed by atoms with E-state index in [1.165, 1.54) is 22.9 Å². The molecule has 1 saturated heterocycles. The first kappa shape index (κ1) is 23.2. The first-order chi connectivity index (χ1) is 16.7. The Bertz CT molecular complexity index is 1170. The summed E-state index contributed by atoms with van der Waals surface area (Å²) in [6.45, 7) is 7.11. The molecule has 1 aliphatic carbocycles. The summed E-state index contributed by atoms with van der Waals surface area (Å²) in [6, 6.07) is 6.20. The molecule has 35 heavy (non-hydrogen) atoms. The lowest BCUT2D eigenvalue weighted by Crippen LogP contribution is -2.48. The highest BCUT2D eigenvalue weighted by Crippen LogP contribution is 2.40. The van der Waals surface area contributed by atoms with Gasteiger partial charge in [-0.05, 0) is 57.6 Å². The van der Waals surface area contributed by atoms with Gasteiger partial charge in [0.25, 0.3) is 0 Å². The molecule has 2 aromatic heterocycles. The fourth-order valence-corrected chi connectivity index (χ4v) is 4.80. The first-order valence-corrected chi connectivity index (χ1v) is 11.5. The number of hydrogen-bond acceptors (Lipinski definition) is 9. The van der Waals surface area contributed by atoms with Crippen molar-refractivity contribution in [2.24, 2.45) is 11.8 Å². The maximum atomic E-state index is 12.8. The highest BCUT2D eigenvalue weighted by molar-refractivity contribution is 5.42. The molecule has 3 heterocycles. The van der Waals surface area contributed by atoms with Crippen LogP contribution in [0.2, 0.25) is 0 Å². The van der Waals surface area contributed by atoms with Gasteiger partial charge < -0.3 is 24.2 Å². The van der Waals surface area contributed by atoms with Crippen LogP contribution in [0.5, 0.6) is 17.5 Å². The minimum Gasteiger partial charge on any atom is -0.420 e. The van der Waals surface area contributed by atoms with E-state index in [0.717, 1.165) is 25.9 Å². The normalized spacial score (nSPS) is 22.0. The topological polar surface area (TPSA) is 103 Å². The number of ether oxygens (including phenoxy) is 2. The average molecular weight is 493 g/mol. The predicted octanol–water partition coefficient (Wildman–Crippen LogP) is 4.57. The molecule has 2 bridgehead atoms. The van der Waals surface area contributed by atoms with Crippen molar-refractivity contribution in [2.75, 3.05) is 23.3 Å². The zero-order valence-electron chi connectivity index (χ0n) is 19.5. The number of alkyl halides is 3. The highest BCUT2D eigenvalue weighted by Gasteiger charge is 2.44. The molecule has 0 unspecified atom stereocenters. The van der Waals surface area contributed by atoms with E-state index in [1.807, 2.05) is 13.8 Å². The summed E-state index contributed by atoms with van der Waals surface area (Å²) in [6.07, 6.45) is -2.75. The van der Waals surface area contributed by atoms with Gasteiger partial charge in [0.15, 0.2) is 17.3 Å². The summed E-state index contributed by atoms with van der Waals surface area (Å²) in [5.41, 5.74) is 0. The molecule has 0 radical (unpaired) electrons. The lowest BCUT2D eigenvalue weighted by molar-refractivity contribution is -0.275. The Labute approximate surface area is 199 Å². The number of nitrogens with one attached hydrogen (secondary N) is 1. The van der Waals surface area contributed by atoms with E-state index < -0.39 is 12.1 Å². The standard InChI is InChI=1S/C22H26F3N7O3/c1-12(2)32-21(33-16-6-4-5-7-17(16)34-22(23,24)25)28-19(29-32)27-18-14-8-9-15(18)11-31(10-14)20-26-13(3)30-35-20/h4-7,12,14-15,18H,8-11H2,1-3H3,(H,27,29)/t14-,15+,18-. The zero-order valence-corrected chi connectivity index (χ0v) is 19.5. The number of rotatable bonds is 7. The molecule has 13 heteroatoms. The average Bonchev–Trinajstić information content (AvgIpc) is 3.45. The van der Waals surface area contributed by atoms with E-state index in [2.05, 4.69) is 35.2 Å². The third-order valence-electron chi connectivity index (χ3n) is 6.28. The molecular weight excluding hydrogens is 467 g/mol. The van der Waals surface area contributed by atoms with Crippen molar-refractivity contribution in [3.8, 4) is 17.5 Å². The van der Waals surface area contributed by atoms with Crippen LogP contribution in [-0.2, 0) is 0 Å². The van der Waals surface area contributed by atoms with Gasteiger partial charge in [0, 0.05) is 19.1 Å². The number of aryl methyl sites for hydroxylation is 1. The lowest BCUT2D eigenvalue weighted by Gasteiger charge is -2.37. The minimum absolute atomic E-state index is 0.0758. The summed E-state index contributed by atoms with van der Waals surface area (Å²) < 4.78 is 55.2. The van der Waals surface area contributed by atoms with E-state index in [9.17, 15) is 13.2 Å². The van der Waals surface area contributed by atoms with Gasteiger partial charge in [-0.15, -0.1) is 18.3 Å². The Balaban J connectivity index is 1.33. The van der Waals surface area contributed by atoms with Crippen LogP contribution in [0.1, 0.15) is 38.6 Å². The van der Waals surface area contributed by atoms with E-state index in [1.54, 1.807) is 13.0 Å². The third kappa shape index (κ3) is 4.98. The van der Waals surface area contributed by atoms with Crippen LogP contribution in [0.3, 0.4) is 0 Å². The number of hydrogen-bond donors (Lipinski definition) is 1. The van der Waals surface area contributed by atoms with Crippen molar-refractivity contribution in [2.45, 2.75) is 52.1 Å². The van der Waals surface area contributed by atoms with Crippen molar-refractivity contribution >= 4 is 12.0 Å². The summed E-state index contributed by atoms with van der Waals surface area (Å²) in [5, 5.41) is 11.9. The van der Waals surface area contributed by atoms with Crippen molar-refractivity contribution in [3.63, 3.8) is 0 Å².